The number of nitrogens with zero attached hydrogens (tertiary/aromatic N) is 1. The predicted molar refractivity (Wildman–Crippen MR) is 124 cm³/mol. The number of hydrogen-bond acceptors (Lipinski definition) is 5. The van der Waals surface area contributed by atoms with E-state index in [1.165, 1.54) is 16.5 Å². The van der Waals surface area contributed by atoms with E-state index in [0.717, 1.165) is 47.3 Å². The van der Waals surface area contributed by atoms with Gasteiger partial charge in [0.25, 0.3) is 0 Å². The van der Waals surface area contributed by atoms with E-state index in [0.29, 0.717) is 13.2 Å². The summed E-state index contributed by atoms with van der Waals surface area (Å²) in [6.45, 7) is 2.23. The van der Waals surface area contributed by atoms with Crippen molar-refractivity contribution in [3.05, 3.63) is 59.6 Å². The standard InChI is InChI=1S/C22H21N3O2S.BrH/c1-2-5-18-17(4-1)16(13-24-18)8-9-23-22-25-19(14-28-22)15-6-7-20-21(12-15)27-11-3-10-26-20;/h1-2,4-7,12-14,24H,3,8-11H2,(H,23,25);1H. The third-order valence-corrected chi connectivity index (χ3v) is 5.69. The molecule has 1 aliphatic heterocycles. The quantitative estimate of drug-likeness (QED) is 0.392. The van der Waals surface area contributed by atoms with Crippen molar-refractivity contribution in [1.29, 1.82) is 0 Å². The third-order valence-electron chi connectivity index (χ3n) is 4.89. The molecule has 150 valence electrons. The lowest BCUT2D eigenvalue weighted by Crippen LogP contribution is -2.04. The minimum atomic E-state index is 0. The SMILES string of the molecule is Br.c1ccc2c(CCNc3nc(-c4ccc5c(c4)OCCCO5)cs3)c[nH]c2c1. The van der Waals surface area contributed by atoms with Crippen molar-refractivity contribution in [3.63, 3.8) is 0 Å². The molecule has 4 aromatic rings. The Morgan fingerprint density at radius 2 is 1.93 bits per heavy atom. The first-order chi connectivity index (χ1) is 13.9. The Morgan fingerprint density at radius 1 is 1.07 bits per heavy atom. The number of rotatable bonds is 5. The van der Waals surface area contributed by atoms with E-state index in [4.69, 9.17) is 14.5 Å². The van der Waals surface area contributed by atoms with Gasteiger partial charge in [-0.05, 0) is 36.2 Å². The van der Waals surface area contributed by atoms with Crippen LogP contribution in [0.5, 0.6) is 11.5 Å². The number of anilines is 1. The van der Waals surface area contributed by atoms with Crippen LogP contribution in [0.25, 0.3) is 22.2 Å². The Labute approximate surface area is 183 Å². The summed E-state index contributed by atoms with van der Waals surface area (Å²) < 4.78 is 11.5. The molecule has 3 heterocycles. The van der Waals surface area contributed by atoms with E-state index >= 15 is 0 Å². The van der Waals surface area contributed by atoms with Gasteiger partial charge in [-0.3, -0.25) is 0 Å². The maximum Gasteiger partial charge on any atom is 0.183 e. The molecule has 0 atom stereocenters. The number of thiazole rings is 1. The summed E-state index contributed by atoms with van der Waals surface area (Å²) >= 11 is 1.62. The number of hydrogen-bond donors (Lipinski definition) is 2. The van der Waals surface area contributed by atoms with E-state index in [2.05, 4.69) is 46.1 Å². The summed E-state index contributed by atoms with van der Waals surface area (Å²) in [7, 11) is 0. The average Bonchev–Trinajstić information content (AvgIpc) is 3.29. The fourth-order valence-corrected chi connectivity index (χ4v) is 4.20. The summed E-state index contributed by atoms with van der Waals surface area (Å²) in [4.78, 5) is 8.07. The molecule has 7 heteroatoms. The van der Waals surface area contributed by atoms with Gasteiger partial charge < -0.3 is 19.8 Å². The van der Waals surface area contributed by atoms with Gasteiger partial charge in [0.2, 0.25) is 0 Å². The normalized spacial score (nSPS) is 13.0. The van der Waals surface area contributed by atoms with E-state index in [1.807, 2.05) is 18.2 Å². The highest BCUT2D eigenvalue weighted by molar-refractivity contribution is 8.93. The summed E-state index contributed by atoms with van der Waals surface area (Å²) in [5, 5.41) is 7.75. The monoisotopic (exact) mass is 471 g/mol. The number of aromatic nitrogens is 2. The van der Waals surface area contributed by atoms with Crippen LogP contribution >= 0.6 is 28.3 Å². The van der Waals surface area contributed by atoms with Crippen molar-refractivity contribution in [3.8, 4) is 22.8 Å². The van der Waals surface area contributed by atoms with Gasteiger partial charge in [-0.2, -0.15) is 0 Å². The van der Waals surface area contributed by atoms with Crippen molar-refractivity contribution < 1.29 is 9.47 Å². The molecule has 0 amide bonds. The van der Waals surface area contributed by atoms with Crippen LogP contribution in [0.3, 0.4) is 0 Å². The zero-order valence-electron chi connectivity index (χ0n) is 15.8. The van der Waals surface area contributed by atoms with Gasteiger partial charge in [0.1, 0.15) is 0 Å². The Bertz CT molecular complexity index is 1110. The molecular weight excluding hydrogens is 450 g/mol. The number of para-hydroxylation sites is 1. The lowest BCUT2D eigenvalue weighted by atomic mass is 10.1. The average molecular weight is 472 g/mol. The predicted octanol–water partition coefficient (Wildman–Crippen LogP) is 5.69. The highest BCUT2D eigenvalue weighted by atomic mass is 79.9. The molecule has 0 radical (unpaired) electrons. The van der Waals surface area contributed by atoms with Gasteiger partial charge in [-0.25, -0.2) is 4.98 Å². The molecule has 5 nitrogen and oxygen atoms in total. The van der Waals surface area contributed by atoms with Crippen molar-refractivity contribution in [2.24, 2.45) is 0 Å². The first-order valence-electron chi connectivity index (χ1n) is 9.51. The van der Waals surface area contributed by atoms with E-state index in [9.17, 15) is 0 Å². The molecule has 0 bridgehead atoms. The lowest BCUT2D eigenvalue weighted by Gasteiger charge is -2.08. The van der Waals surface area contributed by atoms with Crippen LogP contribution in [-0.4, -0.2) is 29.7 Å². The number of halogens is 1. The van der Waals surface area contributed by atoms with Crippen molar-refractivity contribution >= 4 is 44.4 Å². The van der Waals surface area contributed by atoms with Crippen LogP contribution in [0.1, 0.15) is 12.0 Å². The molecule has 2 aromatic heterocycles. The zero-order valence-corrected chi connectivity index (χ0v) is 18.3. The molecule has 0 aliphatic carbocycles. The molecule has 0 saturated heterocycles. The van der Waals surface area contributed by atoms with Crippen LogP contribution in [0, 0.1) is 0 Å². The summed E-state index contributed by atoms with van der Waals surface area (Å²) in [6.07, 6.45) is 3.95. The molecule has 0 saturated carbocycles. The second-order valence-electron chi connectivity index (χ2n) is 6.79. The fourth-order valence-electron chi connectivity index (χ4n) is 3.45. The van der Waals surface area contributed by atoms with Crippen LogP contribution in [0.4, 0.5) is 5.13 Å². The zero-order chi connectivity index (χ0) is 18.8. The van der Waals surface area contributed by atoms with Crippen LogP contribution in [0.15, 0.2) is 54.0 Å². The Hall–Kier alpha value is -2.51. The minimum Gasteiger partial charge on any atom is -0.490 e. The number of fused-ring (bicyclic) bond motifs is 2. The molecule has 29 heavy (non-hydrogen) atoms. The molecule has 0 unspecified atom stereocenters. The summed E-state index contributed by atoms with van der Waals surface area (Å²) in [5.41, 5.74) is 4.51. The van der Waals surface area contributed by atoms with E-state index in [1.54, 1.807) is 11.3 Å². The summed E-state index contributed by atoms with van der Waals surface area (Å²) in [5.74, 6) is 1.62. The molecule has 0 fully saturated rings. The van der Waals surface area contributed by atoms with Crippen LogP contribution in [-0.2, 0) is 6.42 Å². The highest BCUT2D eigenvalue weighted by Crippen LogP contribution is 2.35. The van der Waals surface area contributed by atoms with Crippen molar-refractivity contribution in [2.75, 3.05) is 25.1 Å². The van der Waals surface area contributed by atoms with Gasteiger partial charge in [-0.15, -0.1) is 28.3 Å². The molecule has 1 aliphatic rings. The first kappa shape index (κ1) is 19.8. The van der Waals surface area contributed by atoms with Gasteiger partial charge in [0, 0.05) is 41.0 Å². The largest absolute Gasteiger partial charge is 0.490 e. The van der Waals surface area contributed by atoms with Gasteiger partial charge >= 0.3 is 0 Å². The maximum atomic E-state index is 5.79. The minimum absolute atomic E-state index is 0. The number of benzene rings is 2. The number of nitrogens with one attached hydrogen (secondary N) is 2. The number of aromatic amines is 1. The topological polar surface area (TPSA) is 59.2 Å². The molecule has 2 aromatic carbocycles. The second-order valence-corrected chi connectivity index (χ2v) is 7.64. The molecule has 0 spiro atoms. The second kappa shape index (κ2) is 8.88. The van der Waals surface area contributed by atoms with Gasteiger partial charge in [-0.1, -0.05) is 18.2 Å². The van der Waals surface area contributed by atoms with E-state index in [-0.39, 0.29) is 17.0 Å². The van der Waals surface area contributed by atoms with Crippen LogP contribution in [0.2, 0.25) is 0 Å². The Balaban J connectivity index is 0.00000205. The Morgan fingerprint density at radius 3 is 2.86 bits per heavy atom. The van der Waals surface area contributed by atoms with E-state index < -0.39 is 0 Å². The van der Waals surface area contributed by atoms with Crippen molar-refractivity contribution in [1.82, 2.24) is 9.97 Å². The fraction of sp³-hybridized carbons (Fsp3) is 0.227. The van der Waals surface area contributed by atoms with Gasteiger partial charge in [0.05, 0.1) is 18.9 Å². The number of H-pyrrole nitrogens is 1. The molecule has 2 N–H and O–H groups in total. The Kier molecular flexibility index (Phi) is 6.06. The highest BCUT2D eigenvalue weighted by Gasteiger charge is 2.13. The molecular formula is C22H22BrN3O2S. The smallest absolute Gasteiger partial charge is 0.183 e. The summed E-state index contributed by atoms with van der Waals surface area (Å²) in [6, 6.07) is 14.4. The molecule has 5 rings (SSSR count). The maximum absolute atomic E-state index is 5.79. The van der Waals surface area contributed by atoms with Crippen LogP contribution < -0.4 is 14.8 Å². The third kappa shape index (κ3) is 4.26. The number of ether oxygens (including phenoxy) is 2. The first-order valence-corrected chi connectivity index (χ1v) is 10.4. The van der Waals surface area contributed by atoms with Gasteiger partial charge in [0.15, 0.2) is 16.6 Å². The lowest BCUT2D eigenvalue weighted by molar-refractivity contribution is 0.297. The van der Waals surface area contributed by atoms with Crippen molar-refractivity contribution in [2.45, 2.75) is 12.8 Å².